The van der Waals surface area contributed by atoms with Crippen molar-refractivity contribution in [3.63, 3.8) is 0 Å². The van der Waals surface area contributed by atoms with Gasteiger partial charge >= 0.3 is 0 Å². The van der Waals surface area contributed by atoms with Crippen LogP contribution in [0.1, 0.15) is 18.4 Å². The van der Waals surface area contributed by atoms with E-state index in [1.165, 1.54) is 0 Å². The van der Waals surface area contributed by atoms with E-state index in [2.05, 4.69) is 4.90 Å². The van der Waals surface area contributed by atoms with Gasteiger partial charge in [0.05, 0.1) is 0 Å². The van der Waals surface area contributed by atoms with E-state index in [4.69, 9.17) is 9.47 Å². The number of carbonyl (C=O) groups excluding carboxylic acids is 1. The van der Waals surface area contributed by atoms with E-state index in [0.29, 0.717) is 30.5 Å². The van der Waals surface area contributed by atoms with Crippen molar-refractivity contribution in [3.05, 3.63) is 17.7 Å². The Hall–Kier alpha value is -1.95. The Balaban J connectivity index is 1.48. The molecule has 1 aromatic rings. The highest BCUT2D eigenvalue weighted by Crippen LogP contribution is 2.38. The lowest BCUT2D eigenvalue weighted by molar-refractivity contribution is -0.130. The highest BCUT2D eigenvalue weighted by molar-refractivity contribution is 5.78. The van der Waals surface area contributed by atoms with Gasteiger partial charge in [-0.1, -0.05) is 0 Å². The van der Waals surface area contributed by atoms with Crippen LogP contribution in [0.4, 0.5) is 0 Å². The lowest BCUT2D eigenvalue weighted by Crippen LogP contribution is -2.50. The van der Waals surface area contributed by atoms with Crippen molar-refractivity contribution in [3.8, 4) is 17.2 Å². The summed E-state index contributed by atoms with van der Waals surface area (Å²) in [5, 5.41) is 10.1. The van der Waals surface area contributed by atoms with Gasteiger partial charge in [-0.05, 0) is 12.5 Å². The van der Waals surface area contributed by atoms with Crippen molar-refractivity contribution in [2.24, 2.45) is 0 Å². The van der Waals surface area contributed by atoms with Gasteiger partial charge in [0, 0.05) is 50.3 Å². The SMILES string of the molecule is O=C1CCC2CN(Cc3cc4c(cc3O)OCO4)CCN12. The number of amides is 1. The summed E-state index contributed by atoms with van der Waals surface area (Å²) >= 11 is 0. The number of phenols is 1. The highest BCUT2D eigenvalue weighted by atomic mass is 16.7. The van der Waals surface area contributed by atoms with E-state index < -0.39 is 0 Å². The predicted octanol–water partition coefficient (Wildman–Crippen LogP) is 0.927. The van der Waals surface area contributed by atoms with Crippen molar-refractivity contribution in [1.82, 2.24) is 9.80 Å². The number of hydrogen-bond acceptors (Lipinski definition) is 5. The van der Waals surface area contributed by atoms with Gasteiger partial charge in [-0.3, -0.25) is 9.69 Å². The summed E-state index contributed by atoms with van der Waals surface area (Å²) in [4.78, 5) is 16.0. The summed E-state index contributed by atoms with van der Waals surface area (Å²) < 4.78 is 10.6. The maximum Gasteiger partial charge on any atom is 0.231 e. The average molecular weight is 290 g/mol. The maximum absolute atomic E-state index is 11.7. The van der Waals surface area contributed by atoms with Crippen molar-refractivity contribution >= 4 is 5.91 Å². The minimum Gasteiger partial charge on any atom is -0.507 e. The lowest BCUT2D eigenvalue weighted by Gasteiger charge is -2.37. The fourth-order valence-electron chi connectivity index (χ4n) is 3.41. The number of ether oxygens (including phenoxy) is 2. The molecule has 0 aliphatic carbocycles. The molecule has 1 unspecified atom stereocenters. The Bertz CT molecular complexity index is 589. The molecule has 2 fully saturated rings. The summed E-state index contributed by atoms with van der Waals surface area (Å²) in [5.74, 6) is 1.81. The number of benzene rings is 1. The minimum absolute atomic E-state index is 0.209. The molecule has 0 bridgehead atoms. The van der Waals surface area contributed by atoms with E-state index >= 15 is 0 Å². The monoisotopic (exact) mass is 290 g/mol. The van der Waals surface area contributed by atoms with Crippen LogP contribution in [0.5, 0.6) is 17.2 Å². The van der Waals surface area contributed by atoms with Gasteiger partial charge in [0.1, 0.15) is 5.75 Å². The van der Waals surface area contributed by atoms with E-state index in [9.17, 15) is 9.90 Å². The number of hydrogen-bond donors (Lipinski definition) is 1. The average Bonchev–Trinajstić information content (AvgIpc) is 3.06. The number of piperazine rings is 1. The van der Waals surface area contributed by atoms with E-state index in [0.717, 1.165) is 31.6 Å². The molecule has 2 saturated heterocycles. The van der Waals surface area contributed by atoms with Gasteiger partial charge in [0.2, 0.25) is 12.7 Å². The third-order valence-corrected chi connectivity index (χ3v) is 4.55. The normalized spacial score (nSPS) is 24.5. The molecule has 0 saturated carbocycles. The smallest absolute Gasteiger partial charge is 0.231 e. The summed E-state index contributed by atoms with van der Waals surface area (Å²) in [5.41, 5.74) is 0.844. The summed E-state index contributed by atoms with van der Waals surface area (Å²) in [6.07, 6.45) is 1.62. The number of fused-ring (bicyclic) bond motifs is 2. The lowest BCUT2D eigenvalue weighted by atomic mass is 10.1. The molecule has 3 aliphatic rings. The fourth-order valence-corrected chi connectivity index (χ4v) is 3.41. The first kappa shape index (κ1) is 12.8. The van der Waals surface area contributed by atoms with Gasteiger partial charge in [-0.25, -0.2) is 0 Å². The third-order valence-electron chi connectivity index (χ3n) is 4.55. The largest absolute Gasteiger partial charge is 0.507 e. The molecule has 0 aromatic heterocycles. The van der Waals surface area contributed by atoms with Crippen LogP contribution in [-0.4, -0.2) is 53.3 Å². The molecule has 1 N–H and O–H groups in total. The molecule has 3 aliphatic heterocycles. The molecule has 3 heterocycles. The molecule has 4 rings (SSSR count). The molecular formula is C15H18N2O4. The van der Waals surface area contributed by atoms with Gasteiger partial charge < -0.3 is 19.5 Å². The summed E-state index contributed by atoms with van der Waals surface area (Å²) in [7, 11) is 0. The topological polar surface area (TPSA) is 62.2 Å². The molecule has 6 heteroatoms. The Morgan fingerprint density at radius 3 is 2.90 bits per heavy atom. The van der Waals surface area contributed by atoms with Crippen molar-refractivity contribution in [2.45, 2.75) is 25.4 Å². The minimum atomic E-state index is 0.209. The molecule has 1 aromatic carbocycles. The van der Waals surface area contributed by atoms with Crippen molar-refractivity contribution in [2.75, 3.05) is 26.4 Å². The van der Waals surface area contributed by atoms with E-state index in [1.807, 2.05) is 11.0 Å². The highest BCUT2D eigenvalue weighted by Gasteiger charge is 2.35. The molecule has 21 heavy (non-hydrogen) atoms. The second-order valence-corrected chi connectivity index (χ2v) is 5.85. The number of aromatic hydroxyl groups is 1. The zero-order chi connectivity index (χ0) is 14.4. The van der Waals surface area contributed by atoms with Crippen LogP contribution in [0.15, 0.2) is 12.1 Å². The molecule has 1 amide bonds. The Morgan fingerprint density at radius 2 is 2.05 bits per heavy atom. The zero-order valence-electron chi connectivity index (χ0n) is 11.7. The van der Waals surface area contributed by atoms with E-state index in [1.54, 1.807) is 6.07 Å². The van der Waals surface area contributed by atoms with Crippen LogP contribution >= 0.6 is 0 Å². The Kier molecular flexibility index (Phi) is 2.92. The first-order valence-electron chi connectivity index (χ1n) is 7.34. The number of phenolic OH excluding ortho intramolecular Hbond substituents is 1. The molecule has 0 radical (unpaired) electrons. The fraction of sp³-hybridized carbons (Fsp3) is 0.533. The molecule has 1 atom stereocenters. The quantitative estimate of drug-likeness (QED) is 0.878. The molecule has 112 valence electrons. The van der Waals surface area contributed by atoms with Crippen LogP contribution in [0.2, 0.25) is 0 Å². The number of nitrogens with zero attached hydrogens (tertiary/aromatic N) is 2. The van der Waals surface area contributed by atoms with Gasteiger partial charge in [0.15, 0.2) is 11.5 Å². The maximum atomic E-state index is 11.7. The summed E-state index contributed by atoms with van der Waals surface area (Å²) in [6, 6.07) is 3.80. The zero-order valence-corrected chi connectivity index (χ0v) is 11.7. The van der Waals surface area contributed by atoms with E-state index in [-0.39, 0.29) is 18.4 Å². The van der Waals surface area contributed by atoms with Crippen LogP contribution < -0.4 is 9.47 Å². The number of rotatable bonds is 2. The Labute approximate surface area is 122 Å². The first-order valence-corrected chi connectivity index (χ1v) is 7.34. The predicted molar refractivity (Wildman–Crippen MR) is 74.2 cm³/mol. The third kappa shape index (κ3) is 2.19. The standard InChI is InChI=1S/C15H18N2O4/c18-12-6-14-13(20-9-21-14)5-10(12)7-16-3-4-17-11(8-16)1-2-15(17)19/h5-6,11,18H,1-4,7-9H2. The van der Waals surface area contributed by atoms with Crippen LogP contribution in [0.25, 0.3) is 0 Å². The number of carbonyl (C=O) groups is 1. The molecule has 6 nitrogen and oxygen atoms in total. The Morgan fingerprint density at radius 1 is 1.24 bits per heavy atom. The first-order chi connectivity index (χ1) is 10.2. The van der Waals surface area contributed by atoms with Crippen LogP contribution in [0.3, 0.4) is 0 Å². The van der Waals surface area contributed by atoms with Crippen LogP contribution in [-0.2, 0) is 11.3 Å². The van der Waals surface area contributed by atoms with Gasteiger partial charge in [0.25, 0.3) is 0 Å². The summed E-state index contributed by atoms with van der Waals surface area (Å²) in [6.45, 7) is 3.38. The molecule has 0 spiro atoms. The van der Waals surface area contributed by atoms with Crippen LogP contribution in [0, 0.1) is 0 Å². The molecular weight excluding hydrogens is 272 g/mol. The van der Waals surface area contributed by atoms with Crippen molar-refractivity contribution in [1.29, 1.82) is 0 Å². The second-order valence-electron chi connectivity index (χ2n) is 5.85. The second kappa shape index (κ2) is 4.80. The van der Waals surface area contributed by atoms with Gasteiger partial charge in [-0.15, -0.1) is 0 Å². The van der Waals surface area contributed by atoms with Crippen molar-refractivity contribution < 1.29 is 19.4 Å². The van der Waals surface area contributed by atoms with Gasteiger partial charge in [-0.2, -0.15) is 0 Å².